The number of hydrogen-bond donors (Lipinski definition) is 1. The quantitative estimate of drug-likeness (QED) is 0.638. The van der Waals surface area contributed by atoms with Crippen LogP contribution in [0, 0.1) is 5.41 Å². The van der Waals surface area contributed by atoms with E-state index in [9.17, 15) is 5.11 Å². The molecule has 0 saturated carbocycles. The Balaban J connectivity index is 1.53. The molecule has 4 aliphatic heterocycles. The Bertz CT molecular complexity index is 905. The molecular weight excluding hydrogens is 374 g/mol. The maximum Gasteiger partial charge on any atom is 0.116 e. The van der Waals surface area contributed by atoms with Gasteiger partial charge in [-0.15, -0.1) is 0 Å². The van der Waals surface area contributed by atoms with Gasteiger partial charge in [-0.1, -0.05) is 35.9 Å². The van der Waals surface area contributed by atoms with Gasteiger partial charge in [-0.25, -0.2) is 0 Å². The van der Waals surface area contributed by atoms with Crippen molar-refractivity contribution in [3.8, 4) is 5.75 Å². The van der Waals surface area contributed by atoms with Crippen LogP contribution in [0.3, 0.4) is 0 Å². The van der Waals surface area contributed by atoms with Crippen LogP contribution in [-0.4, -0.2) is 71.4 Å². The Morgan fingerprint density at radius 3 is 2.21 bits per heavy atom. The minimum Gasteiger partial charge on any atom is -0.508 e. The molecule has 4 fully saturated rings. The number of hydrogen-bond acceptors (Lipinski definition) is 6. The van der Waals surface area contributed by atoms with Crippen molar-refractivity contribution < 1.29 is 5.11 Å². The number of phenols is 1. The molecule has 0 unspecified atom stereocenters. The Hall–Kier alpha value is -2.25. The molecule has 4 saturated heterocycles. The first-order valence-electron chi connectivity index (χ1n) is 9.43. The van der Waals surface area contributed by atoms with Gasteiger partial charge in [0.15, 0.2) is 0 Å². The second-order valence-corrected chi connectivity index (χ2v) is 8.42. The third-order valence-electron chi connectivity index (χ3n) is 5.63. The van der Waals surface area contributed by atoms with Gasteiger partial charge in [-0.2, -0.15) is 10.2 Å². The molecule has 144 valence electrons. The Kier molecular flexibility index (Phi) is 4.44. The number of benzene rings is 2. The van der Waals surface area contributed by atoms with Crippen molar-refractivity contribution in [3.05, 3.63) is 64.7 Å². The van der Waals surface area contributed by atoms with Crippen LogP contribution in [0.1, 0.15) is 11.1 Å². The summed E-state index contributed by atoms with van der Waals surface area (Å²) in [6.45, 7) is 6.05. The molecule has 0 atom stereocenters. The summed E-state index contributed by atoms with van der Waals surface area (Å²) in [5.74, 6) is 0.223. The molecule has 0 aliphatic carbocycles. The topological polar surface area (TPSA) is 54.7 Å². The molecule has 6 nitrogen and oxygen atoms in total. The molecule has 0 spiro atoms. The predicted octanol–water partition coefficient (Wildman–Crippen LogP) is 2.67. The molecule has 0 radical (unpaired) electrons. The molecule has 4 heterocycles. The molecule has 2 aromatic rings. The normalized spacial score (nSPS) is 31.6. The zero-order valence-corrected chi connectivity index (χ0v) is 16.3. The van der Waals surface area contributed by atoms with Crippen molar-refractivity contribution in [2.75, 3.05) is 39.6 Å². The molecule has 0 amide bonds. The fourth-order valence-corrected chi connectivity index (χ4v) is 4.90. The van der Waals surface area contributed by atoms with E-state index < -0.39 is 0 Å². The lowest BCUT2D eigenvalue weighted by Gasteiger charge is -2.60. The molecular formula is C21H22ClN5O. The maximum absolute atomic E-state index is 9.65. The van der Waals surface area contributed by atoms with Gasteiger partial charge in [0.05, 0.1) is 37.3 Å². The number of aromatic hydroxyl groups is 1. The zero-order chi connectivity index (χ0) is 19.1. The van der Waals surface area contributed by atoms with Gasteiger partial charge in [0.25, 0.3) is 0 Å². The Morgan fingerprint density at radius 2 is 1.61 bits per heavy atom. The van der Waals surface area contributed by atoms with Crippen LogP contribution in [0.4, 0.5) is 0 Å². The highest BCUT2D eigenvalue weighted by Crippen LogP contribution is 2.38. The van der Waals surface area contributed by atoms with Crippen LogP contribution in [0.25, 0.3) is 0 Å². The number of rotatable bonds is 4. The molecule has 0 aromatic heterocycles. The van der Waals surface area contributed by atoms with E-state index in [1.54, 1.807) is 24.4 Å². The Morgan fingerprint density at radius 1 is 0.964 bits per heavy atom. The van der Waals surface area contributed by atoms with Crippen molar-refractivity contribution in [1.82, 2.24) is 14.7 Å². The minimum absolute atomic E-state index is 0.0707. The summed E-state index contributed by atoms with van der Waals surface area (Å²) in [6, 6.07) is 14.9. The molecule has 7 heteroatoms. The van der Waals surface area contributed by atoms with E-state index in [1.165, 1.54) is 0 Å². The summed E-state index contributed by atoms with van der Waals surface area (Å²) >= 11 is 6.12. The standard InChI is InChI=1S/C21H22ClN5O/c22-18-6-4-17(5-7-18)20(24-23-9-16-2-1-3-19(28)8-16)21-10-25-13-26(11-21)15-27(12-21)14-25/h1-9,28H,10-15H2/b23-9+,24-20-. The van der Waals surface area contributed by atoms with E-state index in [-0.39, 0.29) is 11.2 Å². The second-order valence-electron chi connectivity index (χ2n) is 7.99. The van der Waals surface area contributed by atoms with Crippen molar-refractivity contribution in [2.24, 2.45) is 15.6 Å². The average molecular weight is 396 g/mol. The summed E-state index contributed by atoms with van der Waals surface area (Å²) in [7, 11) is 0. The van der Waals surface area contributed by atoms with Gasteiger partial charge < -0.3 is 5.11 Å². The van der Waals surface area contributed by atoms with Crippen LogP contribution >= 0.6 is 11.6 Å². The highest BCUT2D eigenvalue weighted by atomic mass is 35.5. The van der Waals surface area contributed by atoms with Crippen LogP contribution < -0.4 is 0 Å². The summed E-state index contributed by atoms with van der Waals surface area (Å²) in [5, 5.41) is 19.5. The molecule has 4 aliphatic rings. The van der Waals surface area contributed by atoms with Crippen LogP contribution in [-0.2, 0) is 0 Å². The van der Waals surface area contributed by atoms with Gasteiger partial charge in [0, 0.05) is 24.7 Å². The van der Waals surface area contributed by atoms with Gasteiger partial charge in [0.1, 0.15) is 5.75 Å². The van der Waals surface area contributed by atoms with Crippen molar-refractivity contribution in [2.45, 2.75) is 0 Å². The number of halogens is 1. The lowest BCUT2D eigenvalue weighted by Crippen LogP contribution is -2.74. The van der Waals surface area contributed by atoms with Crippen molar-refractivity contribution in [1.29, 1.82) is 0 Å². The van der Waals surface area contributed by atoms with Crippen molar-refractivity contribution in [3.63, 3.8) is 0 Å². The first-order valence-corrected chi connectivity index (χ1v) is 9.81. The summed E-state index contributed by atoms with van der Waals surface area (Å²) < 4.78 is 0. The summed E-state index contributed by atoms with van der Waals surface area (Å²) in [4.78, 5) is 7.42. The summed E-state index contributed by atoms with van der Waals surface area (Å²) in [6.07, 6.45) is 1.69. The predicted molar refractivity (Wildman–Crippen MR) is 111 cm³/mol. The van der Waals surface area contributed by atoms with Gasteiger partial charge >= 0.3 is 0 Å². The molecule has 4 bridgehead atoms. The highest BCUT2D eigenvalue weighted by Gasteiger charge is 2.51. The van der Waals surface area contributed by atoms with Gasteiger partial charge in [-0.05, 0) is 35.4 Å². The monoisotopic (exact) mass is 395 g/mol. The summed E-state index contributed by atoms with van der Waals surface area (Å²) in [5.41, 5.74) is 2.81. The second kappa shape index (κ2) is 6.97. The van der Waals surface area contributed by atoms with Crippen LogP contribution in [0.15, 0.2) is 58.7 Å². The molecule has 1 N–H and O–H groups in total. The highest BCUT2D eigenvalue weighted by molar-refractivity contribution is 6.30. The van der Waals surface area contributed by atoms with Crippen molar-refractivity contribution >= 4 is 23.5 Å². The third kappa shape index (κ3) is 3.33. The smallest absolute Gasteiger partial charge is 0.116 e. The molecule has 6 rings (SSSR count). The van der Waals surface area contributed by atoms with E-state index in [0.29, 0.717) is 5.02 Å². The van der Waals surface area contributed by atoms with Gasteiger partial charge in [0.2, 0.25) is 0 Å². The van der Waals surface area contributed by atoms with Crippen LogP contribution in [0.2, 0.25) is 5.02 Å². The van der Waals surface area contributed by atoms with E-state index in [1.807, 2.05) is 30.3 Å². The zero-order valence-electron chi connectivity index (χ0n) is 15.5. The van der Waals surface area contributed by atoms with E-state index >= 15 is 0 Å². The number of phenolic OH excluding ortho intramolecular Hbond substituents is 1. The fourth-order valence-electron chi connectivity index (χ4n) is 4.78. The first kappa shape index (κ1) is 17.8. The molecule has 2 aromatic carbocycles. The minimum atomic E-state index is -0.0707. The maximum atomic E-state index is 9.65. The third-order valence-corrected chi connectivity index (χ3v) is 5.89. The fraction of sp³-hybridized carbons (Fsp3) is 0.333. The first-order chi connectivity index (χ1) is 13.6. The molecule has 28 heavy (non-hydrogen) atoms. The van der Waals surface area contributed by atoms with Crippen LogP contribution in [0.5, 0.6) is 5.75 Å². The van der Waals surface area contributed by atoms with Gasteiger partial charge in [-0.3, -0.25) is 14.7 Å². The van der Waals surface area contributed by atoms with E-state index in [2.05, 4.69) is 19.8 Å². The SMILES string of the molecule is Oc1cccc(/C=N/N=C(/c2ccc(Cl)cc2)C23CN4CN(CN(C4)C2)C3)c1. The lowest BCUT2D eigenvalue weighted by atomic mass is 9.74. The Labute approximate surface area is 169 Å². The largest absolute Gasteiger partial charge is 0.508 e. The van der Waals surface area contributed by atoms with E-state index in [4.69, 9.17) is 16.7 Å². The average Bonchev–Trinajstić information content (AvgIpc) is 2.65. The lowest BCUT2D eigenvalue weighted by molar-refractivity contribution is -0.149. The van der Waals surface area contributed by atoms with E-state index in [0.717, 1.165) is 56.5 Å². The number of nitrogens with zero attached hydrogens (tertiary/aromatic N) is 5.